The van der Waals surface area contributed by atoms with Crippen molar-refractivity contribution < 1.29 is 4.79 Å². The first-order valence-corrected chi connectivity index (χ1v) is 2.78. The maximum absolute atomic E-state index is 10.4. The van der Waals surface area contributed by atoms with Gasteiger partial charge in [-0.1, -0.05) is 11.6 Å². The zero-order chi connectivity index (χ0) is 6.57. The molecule has 0 aromatic carbocycles. The summed E-state index contributed by atoms with van der Waals surface area (Å²) in [5.41, 5.74) is 1.15. The number of rotatable bonds is 2. The molecular formula is C7H12O. The van der Waals surface area contributed by atoms with E-state index < -0.39 is 0 Å². The first kappa shape index (κ1) is 7.41. The average molecular weight is 112 g/mol. The third kappa shape index (κ3) is 3.59. The topological polar surface area (TPSA) is 17.1 Å². The maximum atomic E-state index is 10.4. The van der Waals surface area contributed by atoms with Crippen molar-refractivity contribution in [3.05, 3.63) is 11.6 Å². The fraction of sp³-hybridized carbons (Fsp3) is 0.571. The van der Waals surface area contributed by atoms with E-state index in [4.69, 9.17) is 0 Å². The molecule has 0 unspecified atom stereocenters. The van der Waals surface area contributed by atoms with Crippen LogP contribution >= 0.6 is 0 Å². The van der Waals surface area contributed by atoms with Gasteiger partial charge < -0.3 is 0 Å². The van der Waals surface area contributed by atoms with E-state index in [1.54, 1.807) is 6.92 Å². The molecule has 0 rings (SSSR count). The fourth-order valence-electron chi connectivity index (χ4n) is 0.495. The van der Waals surface area contributed by atoms with Crippen LogP contribution < -0.4 is 0 Å². The summed E-state index contributed by atoms with van der Waals surface area (Å²) in [7, 11) is 0. The van der Waals surface area contributed by atoms with Gasteiger partial charge in [-0.25, -0.2) is 0 Å². The highest BCUT2D eigenvalue weighted by atomic mass is 16.1. The molecule has 0 fully saturated rings. The van der Waals surface area contributed by atoms with E-state index >= 15 is 0 Å². The highest BCUT2D eigenvalue weighted by Gasteiger charge is 1.91. The molecule has 0 N–H and O–H groups in total. The zero-order valence-electron chi connectivity index (χ0n) is 5.69. The van der Waals surface area contributed by atoms with E-state index in [-0.39, 0.29) is 5.78 Å². The van der Waals surface area contributed by atoms with Crippen LogP contribution in [0.15, 0.2) is 11.6 Å². The van der Waals surface area contributed by atoms with Crippen LogP contribution in [-0.4, -0.2) is 5.78 Å². The predicted molar refractivity (Wildman–Crippen MR) is 34.7 cm³/mol. The minimum absolute atomic E-state index is 0.237. The van der Waals surface area contributed by atoms with Gasteiger partial charge in [-0.15, -0.1) is 0 Å². The third-order valence-electron chi connectivity index (χ3n) is 1.02. The van der Waals surface area contributed by atoms with Crippen LogP contribution in [0.2, 0.25) is 0 Å². The van der Waals surface area contributed by atoms with Crippen molar-refractivity contribution >= 4 is 5.78 Å². The molecule has 46 valence electrons. The molecule has 0 aliphatic carbocycles. The van der Waals surface area contributed by atoms with E-state index in [0.29, 0.717) is 6.42 Å². The summed E-state index contributed by atoms with van der Waals surface area (Å²) in [6, 6.07) is 0. The number of ketones is 1. The van der Waals surface area contributed by atoms with Gasteiger partial charge in [0.05, 0.1) is 0 Å². The minimum Gasteiger partial charge on any atom is -0.300 e. The van der Waals surface area contributed by atoms with Gasteiger partial charge in [0.1, 0.15) is 5.78 Å². The van der Waals surface area contributed by atoms with Gasteiger partial charge >= 0.3 is 0 Å². The van der Waals surface area contributed by atoms with Crippen molar-refractivity contribution in [1.29, 1.82) is 0 Å². The van der Waals surface area contributed by atoms with Crippen molar-refractivity contribution in [1.82, 2.24) is 0 Å². The van der Waals surface area contributed by atoms with Gasteiger partial charge in [0.25, 0.3) is 0 Å². The Labute approximate surface area is 50.4 Å². The summed E-state index contributed by atoms with van der Waals surface area (Å²) in [5.74, 6) is 0.237. The van der Waals surface area contributed by atoms with Gasteiger partial charge in [0.2, 0.25) is 0 Å². The second-order valence-electron chi connectivity index (χ2n) is 2.01. The molecule has 0 saturated carbocycles. The van der Waals surface area contributed by atoms with Crippen molar-refractivity contribution in [2.24, 2.45) is 0 Å². The van der Waals surface area contributed by atoms with Crippen LogP contribution in [0.25, 0.3) is 0 Å². The number of hydrogen-bond acceptors (Lipinski definition) is 1. The van der Waals surface area contributed by atoms with Crippen LogP contribution in [0.1, 0.15) is 27.2 Å². The fourth-order valence-corrected chi connectivity index (χ4v) is 0.495. The normalized spacial score (nSPS) is 11.6. The van der Waals surface area contributed by atoms with Gasteiger partial charge in [0, 0.05) is 6.42 Å². The molecule has 0 amide bonds. The molecule has 0 aromatic rings. The number of hydrogen-bond donors (Lipinski definition) is 0. The highest BCUT2D eigenvalue weighted by Crippen LogP contribution is 1.97. The van der Waals surface area contributed by atoms with E-state index in [1.807, 2.05) is 19.9 Å². The molecule has 0 aliphatic heterocycles. The number of carbonyl (C=O) groups is 1. The molecule has 0 aromatic heterocycles. The van der Waals surface area contributed by atoms with E-state index in [0.717, 1.165) is 5.57 Å². The predicted octanol–water partition coefficient (Wildman–Crippen LogP) is 1.93. The molecule has 0 bridgehead atoms. The highest BCUT2D eigenvalue weighted by molar-refractivity contribution is 5.77. The lowest BCUT2D eigenvalue weighted by Gasteiger charge is -1.90. The molecule has 0 saturated heterocycles. The zero-order valence-corrected chi connectivity index (χ0v) is 5.69. The van der Waals surface area contributed by atoms with E-state index in [9.17, 15) is 4.79 Å². The van der Waals surface area contributed by atoms with Crippen molar-refractivity contribution in [3.8, 4) is 0 Å². The number of carbonyl (C=O) groups excluding carboxylic acids is 1. The Hall–Kier alpha value is -0.590. The third-order valence-corrected chi connectivity index (χ3v) is 1.02. The maximum Gasteiger partial charge on any atom is 0.133 e. The Kier molecular flexibility index (Phi) is 3.16. The summed E-state index contributed by atoms with van der Waals surface area (Å²) >= 11 is 0. The van der Waals surface area contributed by atoms with Crippen LogP contribution in [-0.2, 0) is 4.79 Å². The summed E-state index contributed by atoms with van der Waals surface area (Å²) in [5, 5.41) is 0. The lowest BCUT2D eigenvalue weighted by Crippen LogP contribution is -1.88. The lowest BCUT2D eigenvalue weighted by atomic mass is 10.2. The van der Waals surface area contributed by atoms with Crippen LogP contribution in [0.4, 0.5) is 0 Å². The summed E-state index contributed by atoms with van der Waals surface area (Å²) in [6.07, 6.45) is 2.57. The monoisotopic (exact) mass is 112 g/mol. The minimum atomic E-state index is 0.237. The largest absolute Gasteiger partial charge is 0.300 e. The van der Waals surface area contributed by atoms with E-state index in [2.05, 4.69) is 0 Å². The molecular weight excluding hydrogens is 100 g/mol. The van der Waals surface area contributed by atoms with Crippen LogP contribution in [0.5, 0.6) is 0 Å². The van der Waals surface area contributed by atoms with Crippen molar-refractivity contribution in [3.63, 3.8) is 0 Å². The number of Topliss-reactive ketones (excluding diaryl/α,β-unsaturated/α-hetero) is 1. The standard InChI is InChI=1S/C7H12O/c1-4-6(2)5-7(3)8/h4H,5H2,1-3H3/b6-4-. The molecule has 0 radical (unpaired) electrons. The van der Waals surface area contributed by atoms with Gasteiger partial charge in [-0.05, 0) is 20.8 Å². The average Bonchev–Trinajstić information content (AvgIpc) is 1.65. The molecule has 0 atom stereocenters. The molecule has 0 heterocycles. The van der Waals surface area contributed by atoms with Crippen molar-refractivity contribution in [2.45, 2.75) is 27.2 Å². The quantitative estimate of drug-likeness (QED) is 0.499. The molecule has 0 aliphatic rings. The van der Waals surface area contributed by atoms with Gasteiger partial charge in [0.15, 0.2) is 0 Å². The Morgan fingerprint density at radius 2 is 2.00 bits per heavy atom. The van der Waals surface area contributed by atoms with Crippen LogP contribution in [0.3, 0.4) is 0 Å². The van der Waals surface area contributed by atoms with Gasteiger partial charge in [-0.2, -0.15) is 0 Å². The Morgan fingerprint density at radius 1 is 1.50 bits per heavy atom. The lowest BCUT2D eigenvalue weighted by molar-refractivity contribution is -0.116. The first-order chi connectivity index (χ1) is 3.66. The molecule has 8 heavy (non-hydrogen) atoms. The molecule has 1 heteroatoms. The van der Waals surface area contributed by atoms with E-state index in [1.165, 1.54) is 0 Å². The van der Waals surface area contributed by atoms with Crippen LogP contribution in [0, 0.1) is 0 Å². The first-order valence-electron chi connectivity index (χ1n) is 2.78. The Morgan fingerprint density at radius 3 is 2.12 bits per heavy atom. The van der Waals surface area contributed by atoms with Gasteiger partial charge in [-0.3, -0.25) is 4.79 Å². The summed E-state index contributed by atoms with van der Waals surface area (Å²) in [4.78, 5) is 10.4. The molecule has 0 spiro atoms. The summed E-state index contributed by atoms with van der Waals surface area (Å²) in [6.45, 7) is 5.51. The van der Waals surface area contributed by atoms with Crippen molar-refractivity contribution in [2.75, 3.05) is 0 Å². The summed E-state index contributed by atoms with van der Waals surface area (Å²) < 4.78 is 0. The smallest absolute Gasteiger partial charge is 0.133 e. The molecule has 1 nitrogen and oxygen atoms in total. The Balaban J connectivity index is 3.56. The SMILES string of the molecule is C/C=C(/C)CC(C)=O. The Bertz CT molecular complexity index is 112. The number of allylic oxidation sites excluding steroid dienone is 2. The second kappa shape index (κ2) is 3.42. The second-order valence-corrected chi connectivity index (χ2v) is 2.01.